The minimum Gasteiger partial charge on any atom is -0.343 e. The predicted octanol–water partition coefficient (Wildman–Crippen LogP) is 2.22. The molecule has 1 aliphatic rings. The van der Waals surface area contributed by atoms with Crippen LogP contribution in [0.5, 0.6) is 0 Å². The van der Waals surface area contributed by atoms with E-state index in [4.69, 9.17) is 9.05 Å². The summed E-state index contributed by atoms with van der Waals surface area (Å²) in [7, 11) is -3.34. The first-order valence-electron chi connectivity index (χ1n) is 7.18. The second-order valence-electron chi connectivity index (χ2n) is 4.73. The summed E-state index contributed by atoms with van der Waals surface area (Å²) in [6, 6.07) is 0. The quantitative estimate of drug-likeness (QED) is 0.611. The Morgan fingerprint density at radius 1 is 1.05 bits per heavy atom. The third kappa shape index (κ3) is 5.73. The second kappa shape index (κ2) is 8.55. The van der Waals surface area contributed by atoms with Crippen molar-refractivity contribution in [2.75, 3.05) is 32.5 Å². The van der Waals surface area contributed by atoms with Gasteiger partial charge in [-0.3, -0.25) is 14.2 Å². The molecule has 0 saturated carbocycles. The molecule has 0 spiro atoms. The number of carbonyl (C=O) groups excluding carboxylic acids is 2. The van der Waals surface area contributed by atoms with Crippen LogP contribution in [0.1, 0.15) is 39.5 Å². The van der Waals surface area contributed by atoms with Gasteiger partial charge in [-0.15, -0.1) is 0 Å². The van der Waals surface area contributed by atoms with Gasteiger partial charge in [0.2, 0.25) is 5.91 Å². The van der Waals surface area contributed by atoms with Crippen LogP contribution >= 0.6 is 7.60 Å². The molecule has 6 nitrogen and oxygen atoms in total. The number of hydrogen-bond donors (Lipinski definition) is 0. The molecule has 1 heterocycles. The van der Waals surface area contributed by atoms with E-state index in [1.165, 1.54) is 0 Å². The van der Waals surface area contributed by atoms with Gasteiger partial charge in [0.15, 0.2) is 0 Å². The summed E-state index contributed by atoms with van der Waals surface area (Å²) >= 11 is 0. The van der Waals surface area contributed by atoms with E-state index in [9.17, 15) is 14.2 Å². The van der Waals surface area contributed by atoms with Gasteiger partial charge >= 0.3 is 7.60 Å². The maximum Gasteiger partial charge on any atom is 0.338 e. The summed E-state index contributed by atoms with van der Waals surface area (Å²) in [6.45, 7) is 5.43. The highest BCUT2D eigenvalue weighted by Gasteiger charge is 2.28. The second-order valence-corrected chi connectivity index (χ2v) is 6.79. The number of rotatable bonds is 9. The van der Waals surface area contributed by atoms with Gasteiger partial charge < -0.3 is 13.9 Å². The van der Waals surface area contributed by atoms with Crippen molar-refractivity contribution >= 4 is 19.3 Å². The number of likely N-dealkylation sites (tertiary alicyclic amines) is 1. The largest absolute Gasteiger partial charge is 0.343 e. The van der Waals surface area contributed by atoms with Crippen molar-refractivity contribution < 1.29 is 23.2 Å². The molecular weight excluding hydrogens is 281 g/mol. The average Bonchev–Trinajstić information content (AvgIpc) is 2.90. The van der Waals surface area contributed by atoms with Crippen molar-refractivity contribution in [3.63, 3.8) is 0 Å². The maximum atomic E-state index is 12.2. The van der Waals surface area contributed by atoms with E-state index in [1.54, 1.807) is 18.7 Å². The van der Waals surface area contributed by atoms with Crippen LogP contribution in [0.2, 0.25) is 0 Å². The highest BCUT2D eigenvalue weighted by molar-refractivity contribution is 7.54. The number of nitrogens with zero attached hydrogens (tertiary/aromatic N) is 1. The van der Waals surface area contributed by atoms with Gasteiger partial charge in [-0.1, -0.05) is 0 Å². The Kier molecular flexibility index (Phi) is 7.41. The SMILES string of the molecule is CCOP(=O)(CC(=O)CCC(=O)N1CCCC1)OCC. The zero-order chi connectivity index (χ0) is 15.0. The Labute approximate surface area is 120 Å². The lowest BCUT2D eigenvalue weighted by atomic mass is 10.2. The van der Waals surface area contributed by atoms with E-state index < -0.39 is 7.60 Å². The summed E-state index contributed by atoms with van der Waals surface area (Å²) in [6.07, 6.45) is 2.09. The summed E-state index contributed by atoms with van der Waals surface area (Å²) in [5.41, 5.74) is 0. The molecule has 1 aliphatic heterocycles. The first-order chi connectivity index (χ1) is 9.50. The highest BCUT2D eigenvalue weighted by atomic mass is 31.2. The molecule has 0 aromatic carbocycles. The van der Waals surface area contributed by atoms with Crippen LogP contribution in [-0.4, -0.2) is 49.1 Å². The summed E-state index contributed by atoms with van der Waals surface area (Å²) < 4.78 is 22.3. The first kappa shape index (κ1) is 17.3. The van der Waals surface area contributed by atoms with E-state index in [1.807, 2.05) is 0 Å². The summed E-state index contributed by atoms with van der Waals surface area (Å²) in [5, 5.41) is 0. The molecule has 0 aromatic rings. The Bertz CT molecular complexity index is 369. The van der Waals surface area contributed by atoms with Gasteiger partial charge in [0.05, 0.1) is 13.2 Å². The van der Waals surface area contributed by atoms with Gasteiger partial charge in [0.1, 0.15) is 11.9 Å². The lowest BCUT2D eigenvalue weighted by Crippen LogP contribution is -2.28. The van der Waals surface area contributed by atoms with Crippen molar-refractivity contribution in [1.82, 2.24) is 4.90 Å². The van der Waals surface area contributed by atoms with Crippen LogP contribution < -0.4 is 0 Å². The third-order valence-corrected chi connectivity index (χ3v) is 5.14. The average molecular weight is 305 g/mol. The van der Waals surface area contributed by atoms with Gasteiger partial charge in [-0.25, -0.2) is 0 Å². The fourth-order valence-electron chi connectivity index (χ4n) is 2.19. The van der Waals surface area contributed by atoms with E-state index >= 15 is 0 Å². The molecule has 0 radical (unpaired) electrons. The standard InChI is InChI=1S/C13H24NO5P/c1-3-18-20(17,19-4-2)11-12(15)7-8-13(16)14-9-5-6-10-14/h3-11H2,1-2H3. The Morgan fingerprint density at radius 2 is 1.60 bits per heavy atom. The number of carbonyl (C=O) groups is 2. The minimum absolute atomic E-state index is 0.00139. The Morgan fingerprint density at radius 3 is 2.10 bits per heavy atom. The molecule has 0 bridgehead atoms. The molecule has 7 heteroatoms. The van der Waals surface area contributed by atoms with Crippen LogP contribution in [0.15, 0.2) is 0 Å². The molecule has 0 unspecified atom stereocenters. The maximum absolute atomic E-state index is 12.2. The van der Waals surface area contributed by atoms with Crippen molar-refractivity contribution in [1.29, 1.82) is 0 Å². The normalized spacial score (nSPS) is 15.6. The fourth-order valence-corrected chi connectivity index (χ4v) is 3.82. The lowest BCUT2D eigenvalue weighted by Gasteiger charge is -2.17. The van der Waals surface area contributed by atoms with Gasteiger partial charge in [-0.05, 0) is 26.7 Å². The molecule has 0 atom stereocenters. The van der Waals surface area contributed by atoms with Crippen molar-refractivity contribution in [3.8, 4) is 0 Å². The Hall–Kier alpha value is -0.710. The van der Waals surface area contributed by atoms with E-state index in [2.05, 4.69) is 0 Å². The van der Waals surface area contributed by atoms with Crippen LogP contribution in [0, 0.1) is 0 Å². The van der Waals surface area contributed by atoms with E-state index in [0.717, 1.165) is 25.9 Å². The van der Waals surface area contributed by atoms with E-state index in [0.29, 0.717) is 0 Å². The van der Waals surface area contributed by atoms with Gasteiger partial charge in [0, 0.05) is 25.9 Å². The minimum atomic E-state index is -3.34. The number of amides is 1. The molecule has 1 saturated heterocycles. The zero-order valence-electron chi connectivity index (χ0n) is 12.3. The fraction of sp³-hybridized carbons (Fsp3) is 0.846. The van der Waals surface area contributed by atoms with Crippen molar-refractivity contribution in [2.24, 2.45) is 0 Å². The van der Waals surface area contributed by atoms with Crippen LogP contribution in [0.4, 0.5) is 0 Å². The van der Waals surface area contributed by atoms with Crippen LogP contribution in [-0.2, 0) is 23.2 Å². The van der Waals surface area contributed by atoms with Crippen molar-refractivity contribution in [2.45, 2.75) is 39.5 Å². The smallest absolute Gasteiger partial charge is 0.338 e. The molecule has 20 heavy (non-hydrogen) atoms. The summed E-state index contributed by atoms with van der Waals surface area (Å²) in [5.74, 6) is -0.249. The van der Waals surface area contributed by atoms with Crippen LogP contribution in [0.3, 0.4) is 0 Å². The Balaban J connectivity index is 2.37. The molecule has 0 aromatic heterocycles. The molecule has 116 valence electrons. The molecule has 1 rings (SSSR count). The molecule has 1 amide bonds. The number of hydrogen-bond acceptors (Lipinski definition) is 5. The van der Waals surface area contributed by atoms with Gasteiger partial charge in [-0.2, -0.15) is 0 Å². The first-order valence-corrected chi connectivity index (χ1v) is 8.91. The summed E-state index contributed by atoms with van der Waals surface area (Å²) in [4.78, 5) is 25.4. The number of Topliss-reactive ketones (excluding diaryl/α,β-unsaturated/α-hetero) is 1. The monoisotopic (exact) mass is 305 g/mol. The van der Waals surface area contributed by atoms with Crippen LogP contribution in [0.25, 0.3) is 0 Å². The number of ketones is 1. The third-order valence-electron chi connectivity index (χ3n) is 3.10. The highest BCUT2D eigenvalue weighted by Crippen LogP contribution is 2.48. The lowest BCUT2D eigenvalue weighted by molar-refractivity contribution is -0.132. The predicted molar refractivity (Wildman–Crippen MR) is 75.8 cm³/mol. The van der Waals surface area contributed by atoms with E-state index in [-0.39, 0.29) is 43.9 Å². The molecule has 0 N–H and O–H groups in total. The molecular formula is C13H24NO5P. The zero-order valence-corrected chi connectivity index (χ0v) is 13.2. The topological polar surface area (TPSA) is 72.9 Å². The molecule has 0 aliphatic carbocycles. The van der Waals surface area contributed by atoms with Gasteiger partial charge in [0.25, 0.3) is 0 Å². The molecule has 1 fully saturated rings. The van der Waals surface area contributed by atoms with Crippen molar-refractivity contribution in [3.05, 3.63) is 0 Å².